The Morgan fingerprint density at radius 1 is 1.35 bits per heavy atom. The molecule has 3 amide bonds. The van der Waals surface area contributed by atoms with E-state index in [1.54, 1.807) is 24.3 Å². The lowest BCUT2D eigenvalue weighted by Crippen LogP contribution is -2.41. The summed E-state index contributed by atoms with van der Waals surface area (Å²) in [6.07, 6.45) is 1.09. The number of carbonyl (C=O) groups is 2. The number of aliphatic hydroxyl groups is 1. The van der Waals surface area contributed by atoms with E-state index < -0.39 is 11.9 Å². The Labute approximate surface area is 154 Å². The van der Waals surface area contributed by atoms with Crippen LogP contribution in [0.25, 0.3) is 0 Å². The standard InChI is InChI=1S/C16H15N3O3.C2H6.CH4O/c1-4-22-12(3)11(2)15(20)19(16(18)21)10-14-7-5-6-13(8-14)9-17;2*1-2/h4-8H,1-3,10H2,(H2,18,21);1-2H3;2H,1H3. The Bertz CT molecular complexity index is 690. The fourth-order valence-corrected chi connectivity index (χ4v) is 1.63. The van der Waals surface area contributed by atoms with E-state index in [9.17, 15) is 9.59 Å². The second-order valence-electron chi connectivity index (χ2n) is 4.23. The Morgan fingerprint density at radius 3 is 2.38 bits per heavy atom. The van der Waals surface area contributed by atoms with Crippen molar-refractivity contribution in [3.05, 3.63) is 72.7 Å². The van der Waals surface area contributed by atoms with Crippen LogP contribution in [0.1, 0.15) is 25.0 Å². The highest BCUT2D eigenvalue weighted by Crippen LogP contribution is 2.14. The van der Waals surface area contributed by atoms with Crippen LogP contribution in [-0.2, 0) is 16.1 Å². The first-order valence-electron chi connectivity index (χ1n) is 7.61. The summed E-state index contributed by atoms with van der Waals surface area (Å²) in [5.74, 6) is -0.765. The summed E-state index contributed by atoms with van der Waals surface area (Å²) in [4.78, 5) is 24.5. The molecule has 7 nitrogen and oxygen atoms in total. The number of nitriles is 1. The van der Waals surface area contributed by atoms with Crippen LogP contribution < -0.4 is 5.73 Å². The number of aliphatic hydroxyl groups excluding tert-OH is 1. The van der Waals surface area contributed by atoms with Gasteiger partial charge in [0.25, 0.3) is 5.91 Å². The van der Waals surface area contributed by atoms with Crippen LogP contribution in [0.4, 0.5) is 4.79 Å². The van der Waals surface area contributed by atoms with E-state index in [0.29, 0.717) is 11.1 Å². The number of imide groups is 1. The molecule has 0 fully saturated rings. The average Bonchev–Trinajstić information content (AvgIpc) is 2.68. The Balaban J connectivity index is 0. The minimum Gasteiger partial charge on any atom is -0.465 e. The first kappa shape index (κ1) is 24.9. The SMILES string of the molecule is C=COC(=C)C(=C)C(=O)N(Cc1cccc(C#N)c1)C(N)=O.CC.CO. The lowest BCUT2D eigenvalue weighted by atomic mass is 10.1. The molecule has 0 unspecified atom stereocenters. The third kappa shape index (κ3) is 7.95. The molecule has 0 spiro atoms. The molecule has 0 heterocycles. The van der Waals surface area contributed by atoms with Crippen LogP contribution in [0.3, 0.4) is 0 Å². The smallest absolute Gasteiger partial charge is 0.322 e. The van der Waals surface area contributed by atoms with Crippen LogP contribution in [0.5, 0.6) is 0 Å². The monoisotopic (exact) mass is 359 g/mol. The van der Waals surface area contributed by atoms with Gasteiger partial charge in [-0.3, -0.25) is 9.69 Å². The van der Waals surface area contributed by atoms with Gasteiger partial charge in [0.05, 0.1) is 30.0 Å². The molecule has 7 heteroatoms. The zero-order valence-corrected chi connectivity index (χ0v) is 15.4. The largest absolute Gasteiger partial charge is 0.465 e. The van der Waals surface area contributed by atoms with Gasteiger partial charge < -0.3 is 15.6 Å². The summed E-state index contributed by atoms with van der Waals surface area (Å²) in [6.45, 7) is 14.3. The van der Waals surface area contributed by atoms with Gasteiger partial charge in [-0.15, -0.1) is 0 Å². The van der Waals surface area contributed by atoms with Gasteiger partial charge in [0.1, 0.15) is 5.76 Å². The molecule has 140 valence electrons. The highest BCUT2D eigenvalue weighted by molar-refractivity contribution is 6.05. The maximum absolute atomic E-state index is 12.2. The fourth-order valence-electron chi connectivity index (χ4n) is 1.63. The molecule has 0 aliphatic carbocycles. The number of benzene rings is 1. The van der Waals surface area contributed by atoms with Gasteiger partial charge in [-0.05, 0) is 17.7 Å². The van der Waals surface area contributed by atoms with Crippen molar-refractivity contribution in [2.24, 2.45) is 5.73 Å². The van der Waals surface area contributed by atoms with E-state index in [1.165, 1.54) is 0 Å². The van der Waals surface area contributed by atoms with Gasteiger partial charge in [-0.25, -0.2) is 4.79 Å². The fraction of sp³-hybridized carbons (Fsp3) is 0.211. The lowest BCUT2D eigenvalue weighted by molar-refractivity contribution is -0.124. The highest BCUT2D eigenvalue weighted by Gasteiger charge is 2.24. The Hall–Kier alpha value is -3.37. The van der Waals surface area contributed by atoms with Crippen LogP contribution in [0, 0.1) is 11.3 Å². The molecule has 1 rings (SSSR count). The van der Waals surface area contributed by atoms with Crippen molar-refractivity contribution < 1.29 is 19.4 Å². The number of carbonyl (C=O) groups excluding carboxylic acids is 2. The number of nitrogens with two attached hydrogens (primary N) is 1. The van der Waals surface area contributed by atoms with E-state index in [-0.39, 0.29) is 17.9 Å². The number of hydrogen-bond acceptors (Lipinski definition) is 5. The molecule has 3 N–H and O–H groups in total. The molecular formula is C19H25N3O4. The first-order valence-corrected chi connectivity index (χ1v) is 7.61. The van der Waals surface area contributed by atoms with Crippen LogP contribution in [0.2, 0.25) is 0 Å². The Kier molecular flexibility index (Phi) is 13.4. The zero-order chi connectivity index (χ0) is 20.7. The number of hydrogen-bond donors (Lipinski definition) is 2. The summed E-state index contributed by atoms with van der Waals surface area (Å²) in [5, 5.41) is 15.9. The van der Waals surface area contributed by atoms with Crippen molar-refractivity contribution >= 4 is 11.9 Å². The number of ether oxygens (including phenoxy) is 1. The van der Waals surface area contributed by atoms with Crippen molar-refractivity contribution in [2.45, 2.75) is 20.4 Å². The number of urea groups is 1. The van der Waals surface area contributed by atoms with Crippen molar-refractivity contribution in [1.82, 2.24) is 4.90 Å². The molecular weight excluding hydrogens is 334 g/mol. The summed E-state index contributed by atoms with van der Waals surface area (Å²) in [7, 11) is 1.00. The quantitative estimate of drug-likeness (QED) is 0.460. The summed E-state index contributed by atoms with van der Waals surface area (Å²) >= 11 is 0. The van der Waals surface area contributed by atoms with Crippen molar-refractivity contribution in [1.29, 1.82) is 5.26 Å². The van der Waals surface area contributed by atoms with Gasteiger partial charge in [-0.2, -0.15) is 5.26 Å². The third-order valence-corrected chi connectivity index (χ3v) is 2.73. The van der Waals surface area contributed by atoms with E-state index >= 15 is 0 Å². The topological polar surface area (TPSA) is 117 Å². The lowest BCUT2D eigenvalue weighted by Gasteiger charge is -2.20. The van der Waals surface area contributed by atoms with Crippen LogP contribution >= 0.6 is 0 Å². The summed E-state index contributed by atoms with van der Waals surface area (Å²) < 4.78 is 4.87. The maximum Gasteiger partial charge on any atom is 0.322 e. The molecule has 0 saturated carbocycles. The summed E-state index contributed by atoms with van der Waals surface area (Å²) in [5.41, 5.74) is 6.11. The molecule has 1 aromatic carbocycles. The number of rotatable bonds is 6. The van der Waals surface area contributed by atoms with Gasteiger partial charge in [0, 0.05) is 7.11 Å². The van der Waals surface area contributed by atoms with Crippen molar-refractivity contribution in [3.63, 3.8) is 0 Å². The first-order chi connectivity index (χ1) is 12.4. The van der Waals surface area contributed by atoms with Crippen LogP contribution in [0.15, 0.2) is 61.6 Å². The van der Waals surface area contributed by atoms with E-state index in [0.717, 1.165) is 18.3 Å². The molecule has 0 atom stereocenters. The van der Waals surface area contributed by atoms with E-state index in [2.05, 4.69) is 19.7 Å². The molecule has 0 aliphatic rings. The maximum atomic E-state index is 12.2. The zero-order valence-electron chi connectivity index (χ0n) is 15.4. The predicted molar refractivity (Wildman–Crippen MR) is 100 cm³/mol. The van der Waals surface area contributed by atoms with Gasteiger partial charge in [0.15, 0.2) is 0 Å². The highest BCUT2D eigenvalue weighted by atomic mass is 16.5. The van der Waals surface area contributed by atoms with Gasteiger partial charge >= 0.3 is 6.03 Å². The third-order valence-electron chi connectivity index (χ3n) is 2.73. The minimum absolute atomic E-state index is 0.0305. The Morgan fingerprint density at radius 2 is 1.92 bits per heavy atom. The molecule has 26 heavy (non-hydrogen) atoms. The second kappa shape index (κ2) is 14.0. The minimum atomic E-state index is -0.945. The molecule has 0 saturated heterocycles. The number of amides is 3. The number of primary amides is 1. The van der Waals surface area contributed by atoms with Crippen molar-refractivity contribution in [2.75, 3.05) is 7.11 Å². The van der Waals surface area contributed by atoms with E-state index in [4.69, 9.17) is 20.8 Å². The second-order valence-corrected chi connectivity index (χ2v) is 4.23. The molecule has 0 aliphatic heterocycles. The average molecular weight is 359 g/mol. The molecule has 0 bridgehead atoms. The van der Waals surface area contributed by atoms with Gasteiger partial charge in [-0.1, -0.05) is 45.7 Å². The summed E-state index contributed by atoms with van der Waals surface area (Å²) in [6, 6.07) is 7.51. The number of nitrogens with zero attached hydrogens (tertiary/aromatic N) is 2. The molecule has 1 aromatic rings. The van der Waals surface area contributed by atoms with E-state index in [1.807, 2.05) is 19.9 Å². The molecule has 0 aromatic heterocycles. The van der Waals surface area contributed by atoms with Crippen LogP contribution in [-0.4, -0.2) is 29.1 Å². The van der Waals surface area contributed by atoms with Gasteiger partial charge in [0.2, 0.25) is 0 Å². The molecule has 0 radical (unpaired) electrons. The normalized spacial score (nSPS) is 8.27. The van der Waals surface area contributed by atoms with Crippen molar-refractivity contribution in [3.8, 4) is 6.07 Å². The predicted octanol–water partition coefficient (Wildman–Crippen LogP) is 2.83.